The van der Waals surface area contributed by atoms with Crippen LogP contribution in [0.25, 0.3) is 0 Å². The number of hydrogen-bond acceptors (Lipinski definition) is 6. The molecular formula is C8H14N8. The molecule has 0 radical (unpaired) electrons. The Morgan fingerprint density at radius 2 is 1.31 bits per heavy atom. The van der Waals surface area contributed by atoms with E-state index in [9.17, 15) is 0 Å². The van der Waals surface area contributed by atoms with Gasteiger partial charge in [-0.15, -0.1) is 10.2 Å². The molecule has 0 aliphatic heterocycles. The largest absolute Gasteiger partial charge is 0.381 e. The van der Waals surface area contributed by atoms with Crippen LogP contribution in [0, 0.1) is 0 Å². The molecular weight excluding hydrogens is 208 g/mol. The van der Waals surface area contributed by atoms with Crippen molar-refractivity contribution in [2.24, 2.45) is 0 Å². The molecule has 0 aliphatic carbocycles. The van der Waals surface area contributed by atoms with Gasteiger partial charge >= 0.3 is 0 Å². The molecule has 0 aliphatic rings. The number of nitrogens with zero attached hydrogens (tertiary/aromatic N) is 6. The van der Waals surface area contributed by atoms with Crippen LogP contribution >= 0.6 is 0 Å². The van der Waals surface area contributed by atoms with Crippen LogP contribution in [0.5, 0.6) is 0 Å². The molecule has 2 aromatic rings. The van der Waals surface area contributed by atoms with Gasteiger partial charge in [0.05, 0.1) is 12.4 Å². The Labute approximate surface area is 92.2 Å². The molecule has 2 aromatic heterocycles. The number of nitrogens with two attached hydrogens (primary N) is 2. The summed E-state index contributed by atoms with van der Waals surface area (Å²) in [6.45, 7) is 1.60. The monoisotopic (exact) mass is 222 g/mol. The first kappa shape index (κ1) is 10.4. The maximum Gasteiger partial charge on any atom is 0.165 e. The Balaban J connectivity index is 1.69. The number of aromatic nitrogens is 6. The van der Waals surface area contributed by atoms with Gasteiger partial charge in [0, 0.05) is 13.1 Å². The van der Waals surface area contributed by atoms with Crippen molar-refractivity contribution in [1.29, 1.82) is 0 Å². The molecule has 0 saturated heterocycles. The molecule has 0 unspecified atom stereocenters. The number of anilines is 2. The summed E-state index contributed by atoms with van der Waals surface area (Å²) in [7, 11) is 0. The van der Waals surface area contributed by atoms with Gasteiger partial charge in [-0.1, -0.05) is 10.4 Å². The third kappa shape index (κ3) is 2.69. The second-order valence-corrected chi connectivity index (χ2v) is 3.52. The lowest BCUT2D eigenvalue weighted by molar-refractivity contribution is 0.487. The van der Waals surface area contributed by atoms with Crippen LogP contribution in [0.3, 0.4) is 0 Å². The average molecular weight is 222 g/mol. The fourth-order valence-corrected chi connectivity index (χ4v) is 1.39. The van der Waals surface area contributed by atoms with E-state index in [2.05, 4.69) is 20.6 Å². The molecule has 2 heterocycles. The van der Waals surface area contributed by atoms with Crippen LogP contribution in [0.4, 0.5) is 11.6 Å². The van der Waals surface area contributed by atoms with E-state index in [4.69, 9.17) is 11.5 Å². The van der Waals surface area contributed by atoms with E-state index >= 15 is 0 Å². The predicted octanol–water partition coefficient (Wildman–Crippen LogP) is -0.486. The van der Waals surface area contributed by atoms with Crippen molar-refractivity contribution in [3.8, 4) is 0 Å². The van der Waals surface area contributed by atoms with Gasteiger partial charge in [-0.05, 0) is 12.8 Å². The Kier molecular flexibility index (Phi) is 2.99. The van der Waals surface area contributed by atoms with Crippen LogP contribution in [0.15, 0.2) is 12.4 Å². The number of hydrogen-bond donors (Lipinski definition) is 2. The highest BCUT2D eigenvalue weighted by Crippen LogP contribution is 2.00. The molecule has 0 amide bonds. The Morgan fingerprint density at radius 1 is 0.875 bits per heavy atom. The summed E-state index contributed by atoms with van der Waals surface area (Å²) in [5.41, 5.74) is 10.9. The predicted molar refractivity (Wildman–Crippen MR) is 58.1 cm³/mol. The molecule has 0 bridgehead atoms. The molecule has 2 rings (SSSR count). The number of unbranched alkanes of at least 4 members (excludes halogenated alkanes) is 1. The molecule has 0 fully saturated rings. The van der Waals surface area contributed by atoms with Gasteiger partial charge in [0.1, 0.15) is 0 Å². The molecule has 16 heavy (non-hydrogen) atoms. The lowest BCUT2D eigenvalue weighted by Crippen LogP contribution is -2.03. The van der Waals surface area contributed by atoms with Crippen molar-refractivity contribution in [2.45, 2.75) is 25.9 Å². The zero-order valence-corrected chi connectivity index (χ0v) is 8.82. The normalized spacial score (nSPS) is 10.8. The minimum atomic E-state index is 0.448. The third-order valence-electron chi connectivity index (χ3n) is 2.14. The number of aryl methyl sites for hydroxylation is 2. The highest BCUT2D eigenvalue weighted by molar-refractivity contribution is 5.20. The summed E-state index contributed by atoms with van der Waals surface area (Å²) in [5, 5.41) is 15.1. The summed E-state index contributed by atoms with van der Waals surface area (Å²) in [5.74, 6) is 0.896. The molecule has 8 nitrogen and oxygen atoms in total. The van der Waals surface area contributed by atoms with Crippen LogP contribution < -0.4 is 11.5 Å². The zero-order valence-electron chi connectivity index (χ0n) is 8.82. The van der Waals surface area contributed by atoms with E-state index in [0.717, 1.165) is 25.9 Å². The van der Waals surface area contributed by atoms with Crippen molar-refractivity contribution in [1.82, 2.24) is 30.0 Å². The van der Waals surface area contributed by atoms with Crippen molar-refractivity contribution in [3.05, 3.63) is 12.4 Å². The molecule has 0 saturated carbocycles. The van der Waals surface area contributed by atoms with Gasteiger partial charge in [-0.3, -0.25) is 9.36 Å². The van der Waals surface area contributed by atoms with Crippen LogP contribution in [-0.4, -0.2) is 30.0 Å². The standard InChI is InChI=1S/C8H14N8/c9-7-5-15(13-11-7)3-1-2-4-16-6-8(10)12-14-16/h5-6H,1-4,9-10H2. The van der Waals surface area contributed by atoms with E-state index in [1.165, 1.54) is 0 Å². The van der Waals surface area contributed by atoms with E-state index in [1.807, 2.05) is 0 Å². The molecule has 8 heteroatoms. The molecule has 86 valence electrons. The topological polar surface area (TPSA) is 113 Å². The Morgan fingerprint density at radius 3 is 1.62 bits per heavy atom. The maximum atomic E-state index is 5.45. The van der Waals surface area contributed by atoms with Gasteiger partial charge < -0.3 is 11.5 Å². The summed E-state index contributed by atoms with van der Waals surface area (Å²) in [6, 6.07) is 0. The van der Waals surface area contributed by atoms with Crippen LogP contribution in [0.2, 0.25) is 0 Å². The fourth-order valence-electron chi connectivity index (χ4n) is 1.39. The second kappa shape index (κ2) is 4.60. The van der Waals surface area contributed by atoms with E-state index in [-0.39, 0.29) is 0 Å². The molecule has 4 N–H and O–H groups in total. The van der Waals surface area contributed by atoms with E-state index in [0.29, 0.717) is 11.6 Å². The highest BCUT2D eigenvalue weighted by atomic mass is 15.4. The maximum absolute atomic E-state index is 5.45. The van der Waals surface area contributed by atoms with Crippen molar-refractivity contribution in [2.75, 3.05) is 11.5 Å². The molecule has 0 aromatic carbocycles. The minimum Gasteiger partial charge on any atom is -0.381 e. The van der Waals surface area contributed by atoms with Gasteiger partial charge in [0.25, 0.3) is 0 Å². The fraction of sp³-hybridized carbons (Fsp3) is 0.500. The quantitative estimate of drug-likeness (QED) is 0.660. The summed E-state index contributed by atoms with van der Waals surface area (Å²) in [4.78, 5) is 0. The third-order valence-corrected chi connectivity index (χ3v) is 2.14. The Hall–Kier alpha value is -2.12. The minimum absolute atomic E-state index is 0.448. The van der Waals surface area contributed by atoms with Crippen LogP contribution in [-0.2, 0) is 13.1 Å². The van der Waals surface area contributed by atoms with Crippen LogP contribution in [0.1, 0.15) is 12.8 Å². The van der Waals surface area contributed by atoms with E-state index < -0.39 is 0 Å². The van der Waals surface area contributed by atoms with Crippen molar-refractivity contribution in [3.63, 3.8) is 0 Å². The van der Waals surface area contributed by atoms with Gasteiger partial charge in [0.2, 0.25) is 0 Å². The lowest BCUT2D eigenvalue weighted by atomic mass is 10.3. The Bertz CT molecular complexity index is 402. The average Bonchev–Trinajstić information content (AvgIpc) is 2.83. The molecule has 0 atom stereocenters. The lowest BCUT2D eigenvalue weighted by Gasteiger charge is -2.00. The zero-order chi connectivity index (χ0) is 11.4. The first-order chi connectivity index (χ1) is 7.74. The highest BCUT2D eigenvalue weighted by Gasteiger charge is 1.98. The van der Waals surface area contributed by atoms with Gasteiger partial charge in [0.15, 0.2) is 11.6 Å². The van der Waals surface area contributed by atoms with Gasteiger partial charge in [-0.25, -0.2) is 0 Å². The van der Waals surface area contributed by atoms with E-state index in [1.54, 1.807) is 21.8 Å². The van der Waals surface area contributed by atoms with Gasteiger partial charge in [-0.2, -0.15) is 0 Å². The molecule has 0 spiro atoms. The summed E-state index contributed by atoms with van der Waals surface area (Å²) < 4.78 is 3.45. The first-order valence-corrected chi connectivity index (χ1v) is 5.05. The second-order valence-electron chi connectivity index (χ2n) is 3.52. The SMILES string of the molecule is Nc1cn(CCCCn2cc(N)nn2)nn1. The number of nitrogen functional groups attached to an aromatic ring is 2. The first-order valence-electron chi connectivity index (χ1n) is 5.05. The smallest absolute Gasteiger partial charge is 0.165 e. The summed E-state index contributed by atoms with van der Waals surface area (Å²) >= 11 is 0. The van der Waals surface area contributed by atoms with Crippen molar-refractivity contribution >= 4 is 11.6 Å². The summed E-state index contributed by atoms with van der Waals surface area (Å²) in [6.07, 6.45) is 5.38. The van der Waals surface area contributed by atoms with Crippen molar-refractivity contribution < 1.29 is 0 Å². The number of rotatable bonds is 5.